The van der Waals surface area contributed by atoms with Crippen molar-refractivity contribution >= 4 is 17.7 Å². The Morgan fingerprint density at radius 3 is 2.54 bits per heavy atom. The van der Waals surface area contributed by atoms with Crippen LogP contribution in [-0.2, 0) is 11.3 Å². The van der Waals surface area contributed by atoms with E-state index in [4.69, 9.17) is 14.2 Å². The zero-order valence-electron chi connectivity index (χ0n) is 14.5. The molecule has 0 saturated carbocycles. The molecule has 0 spiro atoms. The quantitative estimate of drug-likeness (QED) is 0.397. The maximum atomic E-state index is 12.2. The average Bonchev–Trinajstić information content (AvgIpc) is 3.14. The van der Waals surface area contributed by atoms with Gasteiger partial charge in [-0.3, -0.25) is 9.36 Å². The molecule has 0 amide bonds. The minimum atomic E-state index is -0.679. The second-order valence-corrected chi connectivity index (χ2v) is 6.63. The molecule has 138 valence electrons. The molecule has 26 heavy (non-hydrogen) atoms. The van der Waals surface area contributed by atoms with Gasteiger partial charge in [0.25, 0.3) is 5.56 Å². The number of rotatable bonds is 8. The number of benzene rings is 1. The zero-order chi connectivity index (χ0) is 18.4. The smallest absolute Gasteiger partial charge is 0.345 e. The lowest BCUT2D eigenvalue weighted by atomic mass is 10.3. The normalized spacial score (nSPS) is 12.5. The summed E-state index contributed by atoms with van der Waals surface area (Å²) < 4.78 is 17.6. The second kappa shape index (κ2) is 8.75. The lowest BCUT2D eigenvalue weighted by molar-refractivity contribution is 0.0446. The number of aromatic nitrogens is 2. The Bertz CT molecular complexity index is 819. The summed E-state index contributed by atoms with van der Waals surface area (Å²) in [6, 6.07) is 7.24. The lowest BCUT2D eigenvalue weighted by Crippen LogP contribution is -2.28. The van der Waals surface area contributed by atoms with E-state index in [1.165, 1.54) is 22.5 Å². The van der Waals surface area contributed by atoms with E-state index < -0.39 is 5.97 Å². The van der Waals surface area contributed by atoms with Gasteiger partial charge in [0.2, 0.25) is 0 Å². The Morgan fingerprint density at radius 2 is 1.85 bits per heavy atom. The molecule has 1 aromatic carbocycles. The summed E-state index contributed by atoms with van der Waals surface area (Å²) in [5.74, 6) is 1.55. The third-order valence-corrected chi connectivity index (χ3v) is 4.63. The summed E-state index contributed by atoms with van der Waals surface area (Å²) in [5.41, 5.74) is -0.401. The Labute approximate surface area is 155 Å². The van der Waals surface area contributed by atoms with Crippen LogP contribution in [0, 0.1) is 0 Å². The van der Waals surface area contributed by atoms with Gasteiger partial charge in [-0.05, 0) is 30.7 Å². The van der Waals surface area contributed by atoms with E-state index >= 15 is 0 Å². The molecule has 0 saturated heterocycles. The van der Waals surface area contributed by atoms with Crippen molar-refractivity contribution in [2.24, 2.45) is 0 Å². The largest absolute Gasteiger partial charge is 0.494 e. The Kier molecular flexibility index (Phi) is 6.17. The van der Waals surface area contributed by atoms with Gasteiger partial charge >= 0.3 is 5.97 Å². The van der Waals surface area contributed by atoms with Gasteiger partial charge in [-0.25, -0.2) is 9.78 Å². The standard InChI is InChI=1S/C18H20N2O5S/c1-2-8-23-13-3-5-14(6-4-13)24-9-10-25-17(22)15-12-19-18-20(16(15)21)7-11-26-18/h3-6,12H,2,7-11H2,1H3. The molecule has 0 fully saturated rings. The minimum Gasteiger partial charge on any atom is -0.494 e. The van der Waals surface area contributed by atoms with Crippen molar-refractivity contribution in [1.29, 1.82) is 0 Å². The van der Waals surface area contributed by atoms with Gasteiger partial charge < -0.3 is 14.2 Å². The highest BCUT2D eigenvalue weighted by atomic mass is 32.2. The van der Waals surface area contributed by atoms with Gasteiger partial charge in [0.1, 0.15) is 30.3 Å². The maximum absolute atomic E-state index is 12.2. The Balaban J connectivity index is 1.46. The van der Waals surface area contributed by atoms with Crippen LogP contribution in [0.4, 0.5) is 0 Å². The minimum absolute atomic E-state index is 0.0445. The van der Waals surface area contributed by atoms with E-state index in [9.17, 15) is 9.59 Å². The Morgan fingerprint density at radius 1 is 1.15 bits per heavy atom. The molecule has 0 aliphatic carbocycles. The Hall–Kier alpha value is -2.48. The number of carbonyl (C=O) groups is 1. The molecule has 0 N–H and O–H groups in total. The number of carbonyl (C=O) groups excluding carboxylic acids is 1. The number of hydrogen-bond donors (Lipinski definition) is 0. The number of thioether (sulfide) groups is 1. The van der Waals surface area contributed by atoms with Crippen LogP contribution in [0.25, 0.3) is 0 Å². The number of hydrogen-bond acceptors (Lipinski definition) is 7. The second-order valence-electron chi connectivity index (χ2n) is 5.56. The van der Waals surface area contributed by atoms with E-state index in [1.807, 2.05) is 19.1 Å². The van der Waals surface area contributed by atoms with Gasteiger partial charge in [0.05, 0.1) is 6.61 Å². The van der Waals surface area contributed by atoms with Crippen molar-refractivity contribution in [1.82, 2.24) is 9.55 Å². The van der Waals surface area contributed by atoms with Gasteiger partial charge in [-0.1, -0.05) is 18.7 Å². The SMILES string of the molecule is CCCOc1ccc(OCCOC(=O)c2cnc3n(c2=O)CCS3)cc1. The third kappa shape index (κ3) is 4.37. The van der Waals surface area contributed by atoms with Crippen molar-refractivity contribution < 1.29 is 19.0 Å². The molecular formula is C18H20N2O5S. The predicted octanol–water partition coefficient (Wildman–Crippen LogP) is 2.37. The van der Waals surface area contributed by atoms with Crippen LogP contribution in [0.1, 0.15) is 23.7 Å². The van der Waals surface area contributed by atoms with Gasteiger partial charge in [-0.2, -0.15) is 0 Å². The van der Waals surface area contributed by atoms with E-state index in [1.54, 1.807) is 12.1 Å². The topological polar surface area (TPSA) is 79.7 Å². The number of nitrogens with zero attached hydrogens (tertiary/aromatic N) is 2. The highest BCUT2D eigenvalue weighted by molar-refractivity contribution is 7.99. The van der Waals surface area contributed by atoms with E-state index in [0.717, 1.165) is 17.9 Å². The highest BCUT2D eigenvalue weighted by Crippen LogP contribution is 2.20. The van der Waals surface area contributed by atoms with Crippen LogP contribution in [-0.4, -0.2) is 41.1 Å². The molecule has 1 aromatic heterocycles. The summed E-state index contributed by atoms with van der Waals surface area (Å²) in [6.45, 7) is 3.52. The van der Waals surface area contributed by atoms with Crippen LogP contribution >= 0.6 is 11.8 Å². The molecule has 0 bridgehead atoms. The number of esters is 1. The fraction of sp³-hybridized carbons (Fsp3) is 0.389. The first-order valence-corrected chi connectivity index (χ1v) is 9.43. The van der Waals surface area contributed by atoms with Gasteiger partial charge in [0, 0.05) is 18.5 Å². The first-order valence-electron chi connectivity index (χ1n) is 8.44. The summed E-state index contributed by atoms with van der Waals surface area (Å²) >= 11 is 1.50. The molecule has 0 atom stereocenters. The fourth-order valence-corrected chi connectivity index (χ4v) is 3.29. The third-order valence-electron chi connectivity index (χ3n) is 3.66. The van der Waals surface area contributed by atoms with Crippen molar-refractivity contribution in [2.45, 2.75) is 25.0 Å². The molecule has 0 radical (unpaired) electrons. The monoisotopic (exact) mass is 376 g/mol. The fourth-order valence-electron chi connectivity index (χ4n) is 2.38. The molecule has 1 aliphatic heterocycles. The summed E-state index contributed by atoms with van der Waals surface area (Å²) in [5, 5.41) is 0.640. The van der Waals surface area contributed by atoms with Gasteiger partial charge in [-0.15, -0.1) is 0 Å². The van der Waals surface area contributed by atoms with Crippen LogP contribution in [0.5, 0.6) is 11.5 Å². The summed E-state index contributed by atoms with van der Waals surface area (Å²) in [4.78, 5) is 28.4. The molecule has 3 rings (SSSR count). The lowest BCUT2D eigenvalue weighted by Gasteiger charge is -2.09. The summed E-state index contributed by atoms with van der Waals surface area (Å²) in [6.07, 6.45) is 2.23. The van der Waals surface area contributed by atoms with Crippen LogP contribution < -0.4 is 15.0 Å². The molecule has 7 nitrogen and oxygen atoms in total. The first-order chi connectivity index (χ1) is 12.7. The molecular weight excluding hydrogens is 356 g/mol. The molecule has 2 aromatic rings. The molecule has 1 aliphatic rings. The van der Waals surface area contributed by atoms with E-state index in [0.29, 0.717) is 24.1 Å². The summed E-state index contributed by atoms with van der Waals surface area (Å²) in [7, 11) is 0. The molecule has 8 heteroatoms. The van der Waals surface area contributed by atoms with E-state index in [2.05, 4.69) is 4.98 Å². The number of fused-ring (bicyclic) bond motifs is 1. The van der Waals surface area contributed by atoms with Crippen LogP contribution in [0.15, 0.2) is 40.4 Å². The molecule has 2 heterocycles. The first kappa shape index (κ1) is 18.3. The van der Waals surface area contributed by atoms with Crippen molar-refractivity contribution in [3.8, 4) is 11.5 Å². The van der Waals surface area contributed by atoms with Gasteiger partial charge in [0.15, 0.2) is 5.16 Å². The average molecular weight is 376 g/mol. The predicted molar refractivity (Wildman–Crippen MR) is 97.2 cm³/mol. The van der Waals surface area contributed by atoms with Crippen molar-refractivity contribution in [3.63, 3.8) is 0 Å². The van der Waals surface area contributed by atoms with Crippen molar-refractivity contribution in [2.75, 3.05) is 25.6 Å². The van der Waals surface area contributed by atoms with Crippen molar-refractivity contribution in [3.05, 3.63) is 46.4 Å². The van der Waals surface area contributed by atoms with E-state index in [-0.39, 0.29) is 24.3 Å². The molecule has 0 unspecified atom stereocenters. The van der Waals surface area contributed by atoms with Crippen LogP contribution in [0.3, 0.4) is 0 Å². The van der Waals surface area contributed by atoms with Crippen LogP contribution in [0.2, 0.25) is 0 Å². The zero-order valence-corrected chi connectivity index (χ0v) is 15.3. The number of ether oxygens (including phenoxy) is 3. The maximum Gasteiger partial charge on any atom is 0.345 e. The highest BCUT2D eigenvalue weighted by Gasteiger charge is 2.20.